The van der Waals surface area contributed by atoms with Gasteiger partial charge in [-0.3, -0.25) is 0 Å². The van der Waals surface area contributed by atoms with Gasteiger partial charge < -0.3 is 10.4 Å². The molecule has 19 heavy (non-hydrogen) atoms. The summed E-state index contributed by atoms with van der Waals surface area (Å²) in [6, 6.07) is 20.3. The number of rotatable bonds is 5. The fraction of sp³-hybridized carbons (Fsp3) is 0.294. The van der Waals surface area contributed by atoms with Crippen LogP contribution in [0, 0.1) is 0 Å². The first kappa shape index (κ1) is 13.8. The Labute approximate surface area is 115 Å². The van der Waals surface area contributed by atoms with Crippen molar-refractivity contribution in [1.82, 2.24) is 5.32 Å². The van der Waals surface area contributed by atoms with Crippen LogP contribution in [0.15, 0.2) is 60.7 Å². The topological polar surface area (TPSA) is 32.3 Å². The van der Waals surface area contributed by atoms with Crippen molar-refractivity contribution in [3.8, 4) is 0 Å². The Bertz CT molecular complexity index is 483. The predicted octanol–water partition coefficient (Wildman–Crippen LogP) is 3.46. The first-order valence-electron chi connectivity index (χ1n) is 6.72. The van der Waals surface area contributed by atoms with Crippen molar-refractivity contribution in [2.24, 2.45) is 0 Å². The van der Waals surface area contributed by atoms with E-state index in [9.17, 15) is 5.11 Å². The van der Waals surface area contributed by atoms with Gasteiger partial charge >= 0.3 is 0 Å². The molecular formula is C17H21NO. The molecule has 2 N–H and O–H groups in total. The van der Waals surface area contributed by atoms with Crippen molar-refractivity contribution >= 4 is 0 Å². The van der Waals surface area contributed by atoms with E-state index in [0.29, 0.717) is 0 Å². The summed E-state index contributed by atoms with van der Waals surface area (Å²) in [5, 5.41) is 13.8. The van der Waals surface area contributed by atoms with Crippen LogP contribution in [0.4, 0.5) is 0 Å². The molecular weight excluding hydrogens is 234 g/mol. The zero-order valence-electron chi connectivity index (χ0n) is 11.5. The fourth-order valence-corrected chi connectivity index (χ4v) is 2.26. The minimum absolute atomic E-state index is 0.00222. The van der Waals surface area contributed by atoms with Gasteiger partial charge in [-0.2, -0.15) is 0 Å². The first-order valence-corrected chi connectivity index (χ1v) is 6.72. The third-order valence-electron chi connectivity index (χ3n) is 3.43. The lowest BCUT2D eigenvalue weighted by Crippen LogP contribution is -2.34. The van der Waals surface area contributed by atoms with Gasteiger partial charge in [-0.15, -0.1) is 0 Å². The summed E-state index contributed by atoms with van der Waals surface area (Å²) in [7, 11) is 0. The van der Waals surface area contributed by atoms with E-state index in [2.05, 4.69) is 24.4 Å². The number of hydrogen-bond acceptors (Lipinski definition) is 2. The quantitative estimate of drug-likeness (QED) is 0.857. The van der Waals surface area contributed by atoms with E-state index in [1.54, 1.807) is 0 Å². The number of benzene rings is 2. The summed E-state index contributed by atoms with van der Waals surface area (Å²) in [6.07, 6.45) is -0.493. The average molecular weight is 255 g/mol. The van der Waals surface area contributed by atoms with Gasteiger partial charge in [0.2, 0.25) is 0 Å². The highest BCUT2D eigenvalue weighted by Gasteiger charge is 2.18. The van der Waals surface area contributed by atoms with Crippen LogP contribution < -0.4 is 5.32 Å². The van der Waals surface area contributed by atoms with Gasteiger partial charge in [0, 0.05) is 12.1 Å². The van der Waals surface area contributed by atoms with Crippen LogP contribution in [0.2, 0.25) is 0 Å². The molecule has 0 aliphatic rings. The second kappa shape index (κ2) is 6.50. The number of hydrogen-bond donors (Lipinski definition) is 2. The van der Waals surface area contributed by atoms with E-state index in [-0.39, 0.29) is 12.1 Å². The molecule has 0 amide bonds. The Hall–Kier alpha value is -1.64. The minimum Gasteiger partial charge on any atom is -0.387 e. The highest BCUT2D eigenvalue weighted by molar-refractivity contribution is 5.20. The molecule has 0 aliphatic heterocycles. The summed E-state index contributed by atoms with van der Waals surface area (Å²) >= 11 is 0. The molecule has 0 spiro atoms. The van der Waals surface area contributed by atoms with Crippen LogP contribution in [0.1, 0.15) is 37.1 Å². The predicted molar refractivity (Wildman–Crippen MR) is 78.9 cm³/mol. The van der Waals surface area contributed by atoms with Crippen LogP contribution >= 0.6 is 0 Å². The highest BCUT2D eigenvalue weighted by atomic mass is 16.3. The van der Waals surface area contributed by atoms with E-state index >= 15 is 0 Å². The zero-order valence-corrected chi connectivity index (χ0v) is 11.5. The number of aliphatic hydroxyl groups is 1. The lowest BCUT2D eigenvalue weighted by atomic mass is 10.0. The molecule has 0 heterocycles. The monoisotopic (exact) mass is 255 g/mol. The molecule has 2 nitrogen and oxygen atoms in total. The van der Waals surface area contributed by atoms with E-state index < -0.39 is 6.10 Å². The second-order valence-electron chi connectivity index (χ2n) is 4.94. The van der Waals surface area contributed by atoms with Crippen LogP contribution in [-0.2, 0) is 0 Å². The van der Waals surface area contributed by atoms with Gasteiger partial charge in [0.1, 0.15) is 0 Å². The van der Waals surface area contributed by atoms with Crippen molar-refractivity contribution in [2.75, 3.05) is 0 Å². The van der Waals surface area contributed by atoms with Crippen molar-refractivity contribution < 1.29 is 5.11 Å². The second-order valence-corrected chi connectivity index (χ2v) is 4.94. The van der Waals surface area contributed by atoms with Crippen LogP contribution in [0.5, 0.6) is 0 Å². The fourth-order valence-electron chi connectivity index (χ4n) is 2.26. The summed E-state index contributed by atoms with van der Waals surface area (Å²) in [5.41, 5.74) is 2.18. The smallest absolute Gasteiger partial charge is 0.0940 e. The maximum atomic E-state index is 10.3. The molecule has 0 aromatic heterocycles. The molecule has 0 radical (unpaired) electrons. The molecule has 0 fully saturated rings. The molecule has 0 aliphatic carbocycles. The summed E-state index contributed by atoms with van der Waals surface area (Å²) < 4.78 is 0. The average Bonchev–Trinajstić information content (AvgIpc) is 2.48. The van der Waals surface area contributed by atoms with Gasteiger partial charge in [-0.25, -0.2) is 0 Å². The first-order chi connectivity index (χ1) is 9.18. The molecule has 0 saturated carbocycles. The summed E-state index contributed by atoms with van der Waals surface area (Å²) in [6.45, 7) is 4.13. The van der Waals surface area contributed by atoms with Crippen molar-refractivity contribution in [3.05, 3.63) is 71.8 Å². The van der Waals surface area contributed by atoms with E-state index in [1.165, 1.54) is 5.56 Å². The van der Waals surface area contributed by atoms with E-state index in [1.807, 2.05) is 55.5 Å². The van der Waals surface area contributed by atoms with Gasteiger partial charge in [-0.05, 0) is 25.0 Å². The Kier molecular flexibility index (Phi) is 4.72. The molecule has 0 bridgehead atoms. The highest BCUT2D eigenvalue weighted by Crippen LogP contribution is 2.19. The third kappa shape index (κ3) is 3.66. The molecule has 2 aromatic carbocycles. The maximum absolute atomic E-state index is 10.3. The standard InChI is InChI=1S/C17H21NO/c1-13(15-9-5-3-6-10-15)18-14(2)17(19)16-11-7-4-8-12-16/h3-14,17-19H,1-2H3/t13-,14+,17+/m1/s1. The van der Waals surface area contributed by atoms with Crippen molar-refractivity contribution in [3.63, 3.8) is 0 Å². The van der Waals surface area contributed by atoms with Gasteiger partial charge in [0.25, 0.3) is 0 Å². The normalized spacial score (nSPS) is 15.7. The van der Waals surface area contributed by atoms with E-state index in [0.717, 1.165) is 5.56 Å². The van der Waals surface area contributed by atoms with Crippen LogP contribution in [0.25, 0.3) is 0 Å². The summed E-state index contributed by atoms with van der Waals surface area (Å²) in [4.78, 5) is 0. The molecule has 0 saturated heterocycles. The van der Waals surface area contributed by atoms with Crippen LogP contribution in [0.3, 0.4) is 0 Å². The van der Waals surface area contributed by atoms with Gasteiger partial charge in [-0.1, -0.05) is 60.7 Å². The van der Waals surface area contributed by atoms with Crippen LogP contribution in [-0.4, -0.2) is 11.1 Å². The van der Waals surface area contributed by atoms with E-state index in [4.69, 9.17) is 0 Å². The molecule has 0 unspecified atom stereocenters. The lowest BCUT2D eigenvalue weighted by molar-refractivity contribution is 0.130. The summed E-state index contributed by atoms with van der Waals surface area (Å²) in [5.74, 6) is 0. The molecule has 2 aromatic rings. The lowest BCUT2D eigenvalue weighted by Gasteiger charge is -2.25. The van der Waals surface area contributed by atoms with Gasteiger partial charge in [0.15, 0.2) is 0 Å². The van der Waals surface area contributed by atoms with Crippen molar-refractivity contribution in [2.45, 2.75) is 32.0 Å². The zero-order chi connectivity index (χ0) is 13.7. The largest absolute Gasteiger partial charge is 0.387 e. The number of nitrogens with one attached hydrogen (secondary N) is 1. The Morgan fingerprint density at radius 2 is 1.26 bits per heavy atom. The SMILES string of the molecule is C[C@H](N[C@H](C)c1ccccc1)[C@H](O)c1ccccc1. The minimum atomic E-state index is -0.493. The molecule has 3 atom stereocenters. The molecule has 100 valence electrons. The van der Waals surface area contributed by atoms with Gasteiger partial charge in [0.05, 0.1) is 6.10 Å². The molecule has 2 heteroatoms. The maximum Gasteiger partial charge on any atom is 0.0940 e. The van der Waals surface area contributed by atoms with Crippen molar-refractivity contribution in [1.29, 1.82) is 0 Å². The Morgan fingerprint density at radius 1 is 0.789 bits per heavy atom. The Balaban J connectivity index is 1.99. The number of aliphatic hydroxyl groups excluding tert-OH is 1. The Morgan fingerprint density at radius 3 is 1.79 bits per heavy atom. The molecule has 2 rings (SSSR count). The third-order valence-corrected chi connectivity index (χ3v) is 3.43.